The Morgan fingerprint density at radius 1 is 0.885 bits per heavy atom. The molecular formula is C18H11Cl3N4S. The average molecular weight is 422 g/mol. The van der Waals surface area contributed by atoms with Gasteiger partial charge in [-0.05, 0) is 42.7 Å². The Bertz CT molecular complexity index is 1110. The van der Waals surface area contributed by atoms with E-state index in [9.17, 15) is 0 Å². The molecule has 0 spiro atoms. The molecule has 0 saturated heterocycles. The van der Waals surface area contributed by atoms with E-state index >= 15 is 0 Å². The molecule has 0 fully saturated rings. The second-order valence-corrected chi connectivity index (χ2v) is 7.38. The van der Waals surface area contributed by atoms with Crippen molar-refractivity contribution in [3.8, 4) is 17.1 Å². The average Bonchev–Trinajstić information content (AvgIpc) is 3.02. The van der Waals surface area contributed by atoms with Crippen molar-refractivity contribution in [3.05, 3.63) is 63.7 Å². The Labute approximate surface area is 169 Å². The van der Waals surface area contributed by atoms with E-state index in [0.29, 0.717) is 37.3 Å². The third-order valence-corrected chi connectivity index (χ3v) is 5.22. The Morgan fingerprint density at radius 3 is 2.31 bits per heavy atom. The number of nitrogens with zero attached hydrogens (tertiary/aromatic N) is 4. The number of aromatic nitrogens is 4. The Hall–Kier alpha value is -1.79. The molecule has 0 saturated carbocycles. The summed E-state index contributed by atoms with van der Waals surface area (Å²) < 4.78 is 1.92. The van der Waals surface area contributed by atoms with Crippen LogP contribution in [0.5, 0.6) is 0 Å². The summed E-state index contributed by atoms with van der Waals surface area (Å²) in [4.78, 5) is 13.6. The van der Waals surface area contributed by atoms with E-state index in [1.165, 1.54) is 11.8 Å². The van der Waals surface area contributed by atoms with E-state index in [-0.39, 0.29) is 0 Å². The summed E-state index contributed by atoms with van der Waals surface area (Å²) in [5.74, 6) is 0.641. The molecule has 2 aromatic carbocycles. The van der Waals surface area contributed by atoms with Gasteiger partial charge < -0.3 is 0 Å². The van der Waals surface area contributed by atoms with Gasteiger partial charge in [0.1, 0.15) is 11.3 Å². The first kappa shape index (κ1) is 17.6. The number of hydrogen-bond acceptors (Lipinski definition) is 4. The summed E-state index contributed by atoms with van der Waals surface area (Å²) >= 11 is 20.3. The highest BCUT2D eigenvalue weighted by atomic mass is 35.5. The van der Waals surface area contributed by atoms with Gasteiger partial charge in [0.05, 0.1) is 5.02 Å². The molecule has 4 aromatic rings. The minimum atomic E-state index is 0.306. The molecule has 4 rings (SSSR count). The van der Waals surface area contributed by atoms with Gasteiger partial charge in [0, 0.05) is 16.3 Å². The molecule has 0 aliphatic rings. The quantitative estimate of drug-likeness (QED) is 0.225. The molecule has 0 radical (unpaired) electrons. The van der Waals surface area contributed by atoms with E-state index in [2.05, 4.69) is 9.97 Å². The van der Waals surface area contributed by atoms with Crippen LogP contribution in [0.1, 0.15) is 0 Å². The highest BCUT2D eigenvalue weighted by Crippen LogP contribution is 2.34. The van der Waals surface area contributed by atoms with Crippen LogP contribution in [0.4, 0.5) is 0 Å². The zero-order valence-electron chi connectivity index (χ0n) is 13.4. The maximum atomic E-state index is 6.42. The molecule has 130 valence electrons. The third-order valence-electron chi connectivity index (χ3n) is 3.83. The number of imidazole rings is 1. The number of rotatable bonds is 3. The predicted molar refractivity (Wildman–Crippen MR) is 109 cm³/mol. The van der Waals surface area contributed by atoms with Crippen LogP contribution in [0, 0.1) is 0 Å². The molecular weight excluding hydrogens is 411 g/mol. The predicted octanol–water partition coefficient (Wildman–Crippen LogP) is 6.16. The molecule has 2 aromatic heterocycles. The molecule has 26 heavy (non-hydrogen) atoms. The first-order valence-corrected chi connectivity index (χ1v) is 9.95. The monoisotopic (exact) mass is 420 g/mol. The van der Waals surface area contributed by atoms with Crippen molar-refractivity contribution in [2.45, 2.75) is 5.16 Å². The maximum absolute atomic E-state index is 6.42. The molecule has 0 amide bonds. The van der Waals surface area contributed by atoms with Gasteiger partial charge in [-0.3, -0.25) is 4.57 Å². The summed E-state index contributed by atoms with van der Waals surface area (Å²) in [5.41, 5.74) is 2.78. The molecule has 0 N–H and O–H groups in total. The van der Waals surface area contributed by atoms with Crippen molar-refractivity contribution in [3.63, 3.8) is 0 Å². The Balaban J connectivity index is 2.11. The highest BCUT2D eigenvalue weighted by Gasteiger charge is 2.20. The lowest BCUT2D eigenvalue weighted by atomic mass is 10.2. The van der Waals surface area contributed by atoms with Crippen molar-refractivity contribution in [2.75, 3.05) is 6.26 Å². The van der Waals surface area contributed by atoms with Crippen LogP contribution in [-0.4, -0.2) is 25.8 Å². The van der Waals surface area contributed by atoms with Crippen LogP contribution in [0.2, 0.25) is 15.2 Å². The molecule has 0 aliphatic carbocycles. The van der Waals surface area contributed by atoms with Gasteiger partial charge in [0.2, 0.25) is 0 Å². The topological polar surface area (TPSA) is 43.6 Å². The maximum Gasteiger partial charge on any atom is 0.190 e. The van der Waals surface area contributed by atoms with Gasteiger partial charge in [-0.1, -0.05) is 58.7 Å². The van der Waals surface area contributed by atoms with Crippen LogP contribution in [0.25, 0.3) is 28.2 Å². The smallest absolute Gasteiger partial charge is 0.190 e. The van der Waals surface area contributed by atoms with Crippen molar-refractivity contribution >= 4 is 57.7 Å². The molecule has 2 heterocycles. The fraction of sp³-hybridized carbons (Fsp3) is 0.0556. The van der Waals surface area contributed by atoms with Gasteiger partial charge in [-0.2, -0.15) is 0 Å². The van der Waals surface area contributed by atoms with E-state index in [0.717, 1.165) is 11.3 Å². The molecule has 4 nitrogen and oxygen atoms in total. The highest BCUT2D eigenvalue weighted by molar-refractivity contribution is 7.98. The van der Waals surface area contributed by atoms with Crippen LogP contribution in [0.15, 0.2) is 53.7 Å². The number of halogens is 3. The molecule has 0 aliphatic heterocycles. The number of hydrogen-bond donors (Lipinski definition) is 0. The Kier molecular flexibility index (Phi) is 4.80. The molecule has 0 bridgehead atoms. The fourth-order valence-electron chi connectivity index (χ4n) is 2.66. The summed E-state index contributed by atoms with van der Waals surface area (Å²) in [7, 11) is 0. The van der Waals surface area contributed by atoms with Crippen molar-refractivity contribution in [2.24, 2.45) is 0 Å². The van der Waals surface area contributed by atoms with Gasteiger partial charge in [-0.25, -0.2) is 15.0 Å². The number of benzene rings is 2. The minimum Gasteiger partial charge on any atom is -0.276 e. The first-order chi connectivity index (χ1) is 12.6. The van der Waals surface area contributed by atoms with E-state index in [1.807, 2.05) is 59.4 Å². The second kappa shape index (κ2) is 7.08. The lowest BCUT2D eigenvalue weighted by Crippen LogP contribution is -2.00. The van der Waals surface area contributed by atoms with Crippen LogP contribution in [-0.2, 0) is 0 Å². The van der Waals surface area contributed by atoms with Crippen LogP contribution in [0.3, 0.4) is 0 Å². The van der Waals surface area contributed by atoms with Crippen LogP contribution < -0.4 is 0 Å². The Morgan fingerprint density at radius 2 is 1.62 bits per heavy atom. The zero-order chi connectivity index (χ0) is 18.3. The zero-order valence-corrected chi connectivity index (χ0v) is 16.5. The third kappa shape index (κ3) is 3.05. The lowest BCUT2D eigenvalue weighted by Gasteiger charge is -2.10. The number of fused-ring (bicyclic) bond motifs is 1. The van der Waals surface area contributed by atoms with Crippen molar-refractivity contribution < 1.29 is 0 Å². The molecule has 0 unspecified atom stereocenters. The normalized spacial score (nSPS) is 11.2. The largest absolute Gasteiger partial charge is 0.276 e. The van der Waals surface area contributed by atoms with Crippen molar-refractivity contribution in [1.29, 1.82) is 0 Å². The summed E-state index contributed by atoms with van der Waals surface area (Å²) in [6, 6.07) is 15.0. The standard InChI is InChI=1S/C18H11Cl3N4S/c1-26-18-23-15(21)14-17(24-18)25(11-8-6-10(19)7-9-11)16(22-14)12-4-2-3-5-13(12)20/h2-9H,1H3. The first-order valence-electron chi connectivity index (χ1n) is 7.59. The molecule has 0 atom stereocenters. The van der Waals surface area contributed by atoms with E-state index < -0.39 is 0 Å². The van der Waals surface area contributed by atoms with Gasteiger partial charge >= 0.3 is 0 Å². The second-order valence-electron chi connectivity index (χ2n) is 5.40. The van der Waals surface area contributed by atoms with Gasteiger partial charge in [-0.15, -0.1) is 0 Å². The van der Waals surface area contributed by atoms with Crippen molar-refractivity contribution in [1.82, 2.24) is 19.5 Å². The van der Waals surface area contributed by atoms with Gasteiger partial charge in [0.15, 0.2) is 16.0 Å². The fourth-order valence-corrected chi connectivity index (χ4v) is 3.62. The van der Waals surface area contributed by atoms with E-state index in [4.69, 9.17) is 39.8 Å². The van der Waals surface area contributed by atoms with Gasteiger partial charge in [0.25, 0.3) is 0 Å². The van der Waals surface area contributed by atoms with E-state index in [1.54, 1.807) is 0 Å². The summed E-state index contributed by atoms with van der Waals surface area (Å²) in [6.45, 7) is 0. The SMILES string of the molecule is CSc1nc(Cl)c2nc(-c3ccccc3Cl)n(-c3ccc(Cl)cc3)c2n1. The summed E-state index contributed by atoms with van der Waals surface area (Å²) in [6.07, 6.45) is 1.90. The van der Waals surface area contributed by atoms with Crippen LogP contribution >= 0.6 is 46.6 Å². The summed E-state index contributed by atoms with van der Waals surface area (Å²) in [5, 5.41) is 2.12. The minimum absolute atomic E-state index is 0.306. The lowest BCUT2D eigenvalue weighted by molar-refractivity contribution is 0.972. The molecule has 8 heteroatoms. The number of thioether (sulfide) groups is 1.